The van der Waals surface area contributed by atoms with Gasteiger partial charge in [0.1, 0.15) is 17.5 Å². The van der Waals surface area contributed by atoms with E-state index in [0.29, 0.717) is 13.1 Å². The molecule has 7 nitrogen and oxygen atoms in total. The molecule has 1 fully saturated rings. The summed E-state index contributed by atoms with van der Waals surface area (Å²) in [6.07, 6.45) is 5.71. The second kappa shape index (κ2) is 9.85. The van der Waals surface area contributed by atoms with Gasteiger partial charge in [-0.25, -0.2) is 13.8 Å². The molecular weight excluding hydrogens is 462 g/mol. The van der Waals surface area contributed by atoms with Crippen molar-refractivity contribution in [3.63, 3.8) is 0 Å². The van der Waals surface area contributed by atoms with Gasteiger partial charge in [0, 0.05) is 68.4 Å². The van der Waals surface area contributed by atoms with Crippen molar-refractivity contribution in [2.75, 3.05) is 56.2 Å². The number of hydrogen-bond donors (Lipinski definition) is 1. The van der Waals surface area contributed by atoms with E-state index >= 15 is 0 Å². The van der Waals surface area contributed by atoms with Crippen LogP contribution in [0.4, 0.5) is 20.3 Å². The van der Waals surface area contributed by atoms with E-state index in [9.17, 15) is 8.78 Å². The molecule has 0 saturated carbocycles. The second-order valence-corrected chi connectivity index (χ2v) is 8.99. The van der Waals surface area contributed by atoms with E-state index < -0.39 is 11.6 Å². The highest BCUT2D eigenvalue weighted by molar-refractivity contribution is 6.31. The average Bonchev–Trinajstić information content (AvgIpc) is 3.32. The van der Waals surface area contributed by atoms with Crippen LogP contribution in [0.1, 0.15) is 11.1 Å². The molecule has 0 spiro atoms. The van der Waals surface area contributed by atoms with Gasteiger partial charge in [-0.1, -0.05) is 11.6 Å². The molecule has 0 radical (unpaired) electrons. The topological polar surface area (TPSA) is 58.5 Å². The Labute approximate surface area is 202 Å². The van der Waals surface area contributed by atoms with E-state index in [1.165, 1.54) is 0 Å². The van der Waals surface area contributed by atoms with Crippen molar-refractivity contribution in [2.45, 2.75) is 20.0 Å². The number of halogens is 3. The standard InChI is InChI=1S/C24H27ClF2N6O/c1-16-18(17-12-30-33(14-17)7-6-31-8-10-34-11-9-31)13-29-24-23(16)32(5-4-28-24)15-19-20(26)2-3-21(27)22(19)25/h2-3,12-14H,4-11,15H2,1H3,(H,28,29). The first-order valence-electron chi connectivity index (χ1n) is 11.4. The lowest BCUT2D eigenvalue weighted by Crippen LogP contribution is -2.38. The highest BCUT2D eigenvalue weighted by Crippen LogP contribution is 2.38. The summed E-state index contributed by atoms with van der Waals surface area (Å²) < 4.78 is 35.8. The predicted molar refractivity (Wildman–Crippen MR) is 128 cm³/mol. The maximum Gasteiger partial charge on any atom is 0.149 e. The zero-order valence-corrected chi connectivity index (χ0v) is 19.8. The van der Waals surface area contributed by atoms with E-state index in [1.54, 1.807) is 0 Å². The highest BCUT2D eigenvalue weighted by Gasteiger charge is 2.25. The summed E-state index contributed by atoms with van der Waals surface area (Å²) >= 11 is 6.11. The van der Waals surface area contributed by atoms with Gasteiger partial charge in [0.2, 0.25) is 0 Å². The molecule has 1 N–H and O–H groups in total. The maximum atomic E-state index is 14.5. The monoisotopic (exact) mass is 488 g/mol. The second-order valence-electron chi connectivity index (χ2n) is 8.61. The van der Waals surface area contributed by atoms with Crippen molar-refractivity contribution in [1.82, 2.24) is 19.7 Å². The lowest BCUT2D eigenvalue weighted by molar-refractivity contribution is 0.0360. The zero-order chi connectivity index (χ0) is 23.7. The summed E-state index contributed by atoms with van der Waals surface area (Å²) in [6.45, 7) is 8.59. The Balaban J connectivity index is 1.39. The zero-order valence-electron chi connectivity index (χ0n) is 19.0. The minimum absolute atomic E-state index is 0.148. The minimum Gasteiger partial charge on any atom is -0.379 e. The number of hydrogen-bond acceptors (Lipinski definition) is 6. The first kappa shape index (κ1) is 23.0. The number of ether oxygens (including phenoxy) is 1. The van der Waals surface area contributed by atoms with Crippen molar-refractivity contribution in [1.29, 1.82) is 0 Å². The summed E-state index contributed by atoms with van der Waals surface area (Å²) in [6, 6.07) is 2.17. The third-order valence-electron chi connectivity index (χ3n) is 6.48. The van der Waals surface area contributed by atoms with Crippen LogP contribution in [0.15, 0.2) is 30.7 Å². The summed E-state index contributed by atoms with van der Waals surface area (Å²) in [7, 11) is 0. The maximum absolute atomic E-state index is 14.5. The number of pyridine rings is 1. The molecule has 0 aliphatic carbocycles. The summed E-state index contributed by atoms with van der Waals surface area (Å²) in [5.74, 6) is -0.420. The van der Waals surface area contributed by atoms with Crippen molar-refractivity contribution in [2.24, 2.45) is 0 Å². The van der Waals surface area contributed by atoms with Crippen LogP contribution >= 0.6 is 11.6 Å². The molecule has 1 saturated heterocycles. The van der Waals surface area contributed by atoms with E-state index in [-0.39, 0.29) is 17.1 Å². The molecule has 0 atom stereocenters. The Morgan fingerprint density at radius 1 is 1.09 bits per heavy atom. The van der Waals surface area contributed by atoms with E-state index in [0.717, 1.165) is 79.7 Å². The fourth-order valence-electron chi connectivity index (χ4n) is 4.58. The van der Waals surface area contributed by atoms with Crippen molar-refractivity contribution in [3.8, 4) is 11.1 Å². The van der Waals surface area contributed by atoms with Crippen LogP contribution < -0.4 is 10.2 Å². The molecule has 0 amide bonds. The molecule has 34 heavy (non-hydrogen) atoms. The molecule has 2 aliphatic rings. The molecule has 2 aliphatic heterocycles. The van der Waals surface area contributed by atoms with Crippen LogP contribution in [0.5, 0.6) is 0 Å². The molecule has 1 aromatic carbocycles. The van der Waals surface area contributed by atoms with Gasteiger partial charge >= 0.3 is 0 Å². The Morgan fingerprint density at radius 2 is 1.88 bits per heavy atom. The van der Waals surface area contributed by atoms with Gasteiger partial charge in [0.15, 0.2) is 0 Å². The number of rotatable bonds is 6. The normalized spacial score (nSPS) is 16.4. The van der Waals surface area contributed by atoms with Gasteiger partial charge < -0.3 is 15.0 Å². The van der Waals surface area contributed by atoms with Crippen LogP contribution in [-0.2, 0) is 17.8 Å². The molecule has 10 heteroatoms. The van der Waals surface area contributed by atoms with Crippen molar-refractivity contribution >= 4 is 23.1 Å². The molecule has 0 unspecified atom stereocenters. The van der Waals surface area contributed by atoms with Gasteiger partial charge in [0.25, 0.3) is 0 Å². The quantitative estimate of drug-likeness (QED) is 0.530. The Bertz CT molecular complexity index is 1180. The number of benzene rings is 1. The van der Waals surface area contributed by atoms with E-state index in [2.05, 4.69) is 20.3 Å². The molecule has 4 heterocycles. The fraction of sp³-hybridized carbons (Fsp3) is 0.417. The third kappa shape index (κ3) is 4.60. The fourth-order valence-corrected chi connectivity index (χ4v) is 4.79. The molecule has 3 aromatic rings. The predicted octanol–water partition coefficient (Wildman–Crippen LogP) is 3.95. The average molecular weight is 489 g/mol. The lowest BCUT2D eigenvalue weighted by Gasteiger charge is -2.33. The van der Waals surface area contributed by atoms with Crippen LogP contribution in [-0.4, -0.2) is 65.6 Å². The largest absolute Gasteiger partial charge is 0.379 e. The van der Waals surface area contributed by atoms with E-state index in [1.807, 2.05) is 35.1 Å². The molecule has 180 valence electrons. The lowest BCUT2D eigenvalue weighted by atomic mass is 10.0. The molecular formula is C24H27ClF2N6O. The number of nitrogens with one attached hydrogen (secondary N) is 1. The van der Waals surface area contributed by atoms with Gasteiger partial charge in [-0.05, 0) is 24.6 Å². The molecule has 5 rings (SSSR count). The number of anilines is 2. The molecule has 2 aromatic heterocycles. The Morgan fingerprint density at radius 3 is 2.71 bits per heavy atom. The van der Waals surface area contributed by atoms with Crippen LogP contribution in [0.25, 0.3) is 11.1 Å². The number of morpholine rings is 1. The van der Waals surface area contributed by atoms with E-state index in [4.69, 9.17) is 16.3 Å². The van der Waals surface area contributed by atoms with Gasteiger partial charge in [-0.15, -0.1) is 0 Å². The number of nitrogens with zero attached hydrogens (tertiary/aromatic N) is 5. The van der Waals surface area contributed by atoms with Crippen molar-refractivity contribution < 1.29 is 13.5 Å². The Hall–Kier alpha value is -2.75. The first-order valence-corrected chi connectivity index (χ1v) is 11.8. The first-order chi connectivity index (χ1) is 16.5. The highest BCUT2D eigenvalue weighted by atomic mass is 35.5. The van der Waals surface area contributed by atoms with Crippen LogP contribution in [0.3, 0.4) is 0 Å². The van der Waals surface area contributed by atoms with Gasteiger partial charge in [-0.2, -0.15) is 5.10 Å². The van der Waals surface area contributed by atoms with Crippen LogP contribution in [0, 0.1) is 18.6 Å². The summed E-state index contributed by atoms with van der Waals surface area (Å²) in [5.41, 5.74) is 3.93. The van der Waals surface area contributed by atoms with Crippen LogP contribution in [0.2, 0.25) is 5.02 Å². The summed E-state index contributed by atoms with van der Waals surface area (Å²) in [5, 5.41) is 7.68. The minimum atomic E-state index is -0.624. The number of fused-ring (bicyclic) bond motifs is 1. The number of aromatic nitrogens is 3. The smallest absolute Gasteiger partial charge is 0.149 e. The third-order valence-corrected chi connectivity index (χ3v) is 6.89. The molecule has 0 bridgehead atoms. The SMILES string of the molecule is Cc1c(-c2cnn(CCN3CCOCC3)c2)cnc2c1N(Cc1c(F)ccc(F)c1Cl)CCN2. The van der Waals surface area contributed by atoms with Gasteiger partial charge in [-0.3, -0.25) is 9.58 Å². The van der Waals surface area contributed by atoms with Crippen molar-refractivity contribution in [3.05, 3.63) is 58.5 Å². The van der Waals surface area contributed by atoms with Gasteiger partial charge in [0.05, 0.1) is 36.7 Å². The Kier molecular flexibility index (Phi) is 6.67. The summed E-state index contributed by atoms with van der Waals surface area (Å²) in [4.78, 5) is 9.00.